The van der Waals surface area contributed by atoms with E-state index in [1.165, 1.54) is 10.6 Å². The molecule has 100 valence electrons. The van der Waals surface area contributed by atoms with Crippen molar-refractivity contribution >= 4 is 22.9 Å². The zero-order valence-electron chi connectivity index (χ0n) is 10.6. The normalized spacial score (nSPS) is 18.4. The molecule has 1 aromatic heterocycles. The Morgan fingerprint density at radius 2 is 1.95 bits per heavy atom. The van der Waals surface area contributed by atoms with Crippen molar-refractivity contribution in [1.82, 2.24) is 4.98 Å². The Labute approximate surface area is 122 Å². The Morgan fingerprint density at radius 1 is 1.21 bits per heavy atom. The molecule has 0 spiro atoms. The van der Waals surface area contributed by atoms with Crippen LogP contribution in [0.1, 0.15) is 28.3 Å². The third kappa shape index (κ3) is 2.42. The second kappa shape index (κ2) is 5.61. The lowest BCUT2D eigenvalue weighted by molar-refractivity contribution is 0.0630. The van der Waals surface area contributed by atoms with Gasteiger partial charge in [0.25, 0.3) is 0 Å². The molecule has 3 rings (SSSR count). The minimum atomic E-state index is 0.00842. The summed E-state index contributed by atoms with van der Waals surface area (Å²) in [6, 6.07) is 10.7. The second-order valence-corrected chi connectivity index (χ2v) is 6.21. The van der Waals surface area contributed by atoms with Gasteiger partial charge in [0.05, 0.1) is 11.3 Å². The van der Waals surface area contributed by atoms with Crippen LogP contribution < -0.4 is 0 Å². The summed E-state index contributed by atoms with van der Waals surface area (Å²) >= 11 is 7.65. The monoisotopic (exact) mass is 293 g/mol. The van der Waals surface area contributed by atoms with Gasteiger partial charge in [-0.25, -0.2) is 4.98 Å². The number of alkyl halides is 1. The SMILES string of the molecule is ClCc1cnc(C2(c3ccccc3)CCOCC2)s1. The molecular formula is C15H16ClNOS. The fourth-order valence-electron chi connectivity index (χ4n) is 2.69. The molecule has 1 aliphatic heterocycles. The first-order valence-corrected chi connectivity index (χ1v) is 7.85. The Hall–Kier alpha value is -0.900. The molecule has 1 aliphatic rings. The minimum absolute atomic E-state index is 0.00842. The topological polar surface area (TPSA) is 22.1 Å². The zero-order chi connectivity index (χ0) is 13.1. The Kier molecular flexibility index (Phi) is 3.87. The van der Waals surface area contributed by atoms with Gasteiger partial charge >= 0.3 is 0 Å². The van der Waals surface area contributed by atoms with Crippen molar-refractivity contribution in [1.29, 1.82) is 0 Å². The fraction of sp³-hybridized carbons (Fsp3) is 0.400. The van der Waals surface area contributed by atoms with E-state index in [0.29, 0.717) is 5.88 Å². The van der Waals surface area contributed by atoms with Crippen LogP contribution in [0.25, 0.3) is 0 Å². The summed E-state index contributed by atoms with van der Waals surface area (Å²) in [7, 11) is 0. The van der Waals surface area contributed by atoms with Gasteiger partial charge in [0.1, 0.15) is 5.01 Å². The van der Waals surface area contributed by atoms with Gasteiger partial charge in [-0.15, -0.1) is 22.9 Å². The third-order valence-electron chi connectivity index (χ3n) is 3.77. The molecule has 19 heavy (non-hydrogen) atoms. The van der Waals surface area contributed by atoms with Crippen molar-refractivity contribution in [2.75, 3.05) is 13.2 Å². The van der Waals surface area contributed by atoms with Gasteiger partial charge in [0.2, 0.25) is 0 Å². The van der Waals surface area contributed by atoms with Crippen LogP contribution in [0, 0.1) is 0 Å². The van der Waals surface area contributed by atoms with Crippen molar-refractivity contribution in [3.8, 4) is 0 Å². The highest BCUT2D eigenvalue weighted by atomic mass is 35.5. The van der Waals surface area contributed by atoms with Gasteiger partial charge in [-0.05, 0) is 18.4 Å². The molecule has 0 amide bonds. The molecule has 0 atom stereocenters. The molecular weight excluding hydrogens is 278 g/mol. The number of nitrogens with zero attached hydrogens (tertiary/aromatic N) is 1. The molecule has 4 heteroatoms. The van der Waals surface area contributed by atoms with Crippen molar-refractivity contribution < 1.29 is 4.74 Å². The van der Waals surface area contributed by atoms with E-state index in [0.717, 1.165) is 30.9 Å². The second-order valence-electron chi connectivity index (χ2n) is 4.83. The maximum atomic E-state index is 5.92. The van der Waals surface area contributed by atoms with Gasteiger partial charge in [-0.3, -0.25) is 0 Å². The van der Waals surface area contributed by atoms with Gasteiger partial charge in [0, 0.05) is 24.3 Å². The van der Waals surface area contributed by atoms with Crippen LogP contribution in [0.15, 0.2) is 36.5 Å². The van der Waals surface area contributed by atoms with Crippen LogP contribution in [0.2, 0.25) is 0 Å². The first kappa shape index (κ1) is 13.1. The molecule has 2 nitrogen and oxygen atoms in total. The summed E-state index contributed by atoms with van der Waals surface area (Å²) in [5.41, 5.74) is 1.35. The zero-order valence-corrected chi connectivity index (χ0v) is 12.2. The number of benzene rings is 1. The van der Waals surface area contributed by atoms with Crippen LogP contribution in [0.3, 0.4) is 0 Å². The van der Waals surface area contributed by atoms with E-state index in [4.69, 9.17) is 16.3 Å². The van der Waals surface area contributed by atoms with E-state index < -0.39 is 0 Å². The quantitative estimate of drug-likeness (QED) is 0.799. The molecule has 1 fully saturated rings. The van der Waals surface area contributed by atoms with E-state index in [2.05, 4.69) is 35.3 Å². The van der Waals surface area contributed by atoms with Crippen molar-refractivity contribution in [3.05, 3.63) is 52.0 Å². The molecule has 1 aromatic carbocycles. The number of aromatic nitrogens is 1. The molecule has 1 saturated heterocycles. The smallest absolute Gasteiger partial charge is 0.104 e. The van der Waals surface area contributed by atoms with E-state index in [-0.39, 0.29) is 5.41 Å². The fourth-order valence-corrected chi connectivity index (χ4v) is 3.96. The highest BCUT2D eigenvalue weighted by molar-refractivity contribution is 7.12. The molecule has 0 unspecified atom stereocenters. The molecule has 0 saturated carbocycles. The van der Waals surface area contributed by atoms with Gasteiger partial charge in [-0.2, -0.15) is 0 Å². The Balaban J connectivity index is 2.06. The Bertz CT molecular complexity index is 534. The number of hydrogen-bond acceptors (Lipinski definition) is 3. The lowest BCUT2D eigenvalue weighted by Gasteiger charge is -2.36. The summed E-state index contributed by atoms with van der Waals surface area (Å²) < 4.78 is 5.55. The van der Waals surface area contributed by atoms with E-state index in [9.17, 15) is 0 Å². The van der Waals surface area contributed by atoms with Crippen LogP contribution in [0.5, 0.6) is 0 Å². The highest BCUT2D eigenvalue weighted by Gasteiger charge is 2.38. The summed E-state index contributed by atoms with van der Waals surface area (Å²) in [4.78, 5) is 5.78. The predicted molar refractivity (Wildman–Crippen MR) is 78.9 cm³/mol. The van der Waals surface area contributed by atoms with Crippen molar-refractivity contribution in [3.63, 3.8) is 0 Å². The molecule has 0 aliphatic carbocycles. The standard InChI is InChI=1S/C15H16ClNOS/c16-10-13-11-17-14(19-13)15(6-8-18-9-7-15)12-4-2-1-3-5-12/h1-5,11H,6-10H2. The summed E-state index contributed by atoms with van der Waals surface area (Å²) in [5, 5.41) is 1.18. The average molecular weight is 294 g/mol. The van der Waals surface area contributed by atoms with E-state index >= 15 is 0 Å². The number of rotatable bonds is 3. The van der Waals surface area contributed by atoms with Crippen LogP contribution in [0.4, 0.5) is 0 Å². The van der Waals surface area contributed by atoms with E-state index in [1.807, 2.05) is 6.20 Å². The number of thiazole rings is 1. The molecule has 0 radical (unpaired) electrons. The first-order chi connectivity index (χ1) is 9.35. The number of hydrogen-bond donors (Lipinski definition) is 0. The number of halogens is 1. The summed E-state index contributed by atoms with van der Waals surface area (Å²) in [5.74, 6) is 0.541. The lowest BCUT2D eigenvalue weighted by atomic mass is 9.75. The van der Waals surface area contributed by atoms with Crippen LogP contribution >= 0.6 is 22.9 Å². The highest BCUT2D eigenvalue weighted by Crippen LogP contribution is 2.42. The van der Waals surface area contributed by atoms with Crippen molar-refractivity contribution in [2.24, 2.45) is 0 Å². The lowest BCUT2D eigenvalue weighted by Crippen LogP contribution is -2.34. The minimum Gasteiger partial charge on any atom is -0.381 e. The maximum absolute atomic E-state index is 5.92. The van der Waals surface area contributed by atoms with Crippen LogP contribution in [-0.4, -0.2) is 18.2 Å². The molecule has 0 N–H and O–H groups in total. The summed E-state index contributed by atoms with van der Waals surface area (Å²) in [6.07, 6.45) is 3.89. The van der Waals surface area contributed by atoms with Gasteiger partial charge in [-0.1, -0.05) is 30.3 Å². The van der Waals surface area contributed by atoms with Crippen LogP contribution in [-0.2, 0) is 16.0 Å². The maximum Gasteiger partial charge on any atom is 0.104 e. The predicted octanol–water partition coefficient (Wildman–Crippen LogP) is 3.98. The van der Waals surface area contributed by atoms with Gasteiger partial charge < -0.3 is 4.74 Å². The average Bonchev–Trinajstić information content (AvgIpc) is 2.98. The largest absolute Gasteiger partial charge is 0.381 e. The first-order valence-electron chi connectivity index (χ1n) is 6.49. The molecule has 0 bridgehead atoms. The van der Waals surface area contributed by atoms with Crippen molar-refractivity contribution in [2.45, 2.75) is 24.1 Å². The Morgan fingerprint density at radius 3 is 2.58 bits per heavy atom. The molecule has 2 aromatic rings. The van der Waals surface area contributed by atoms with Gasteiger partial charge in [0.15, 0.2) is 0 Å². The molecule has 2 heterocycles. The summed E-state index contributed by atoms with van der Waals surface area (Å²) in [6.45, 7) is 1.59. The number of ether oxygens (including phenoxy) is 1. The van der Waals surface area contributed by atoms with E-state index in [1.54, 1.807) is 11.3 Å². The third-order valence-corrected chi connectivity index (χ3v) is 5.42.